The van der Waals surface area contributed by atoms with E-state index in [0.717, 1.165) is 31.1 Å². The Morgan fingerprint density at radius 2 is 1.82 bits per heavy atom. The molecule has 3 nitrogen and oxygen atoms in total. The van der Waals surface area contributed by atoms with Gasteiger partial charge < -0.3 is 9.90 Å². The summed E-state index contributed by atoms with van der Waals surface area (Å²) in [6, 6.07) is 0. The first-order chi connectivity index (χ1) is 15.3. The summed E-state index contributed by atoms with van der Waals surface area (Å²) in [6.07, 6.45) is 12.9. The van der Waals surface area contributed by atoms with Gasteiger partial charge >= 0.3 is 0 Å². The fraction of sp³-hybridized carbons (Fsp3) is 0.800. The van der Waals surface area contributed by atoms with Crippen molar-refractivity contribution in [1.29, 1.82) is 0 Å². The molecule has 0 radical (unpaired) electrons. The lowest BCUT2D eigenvalue weighted by Gasteiger charge is -2.64. The van der Waals surface area contributed by atoms with Crippen LogP contribution in [0.4, 0.5) is 0 Å². The summed E-state index contributed by atoms with van der Waals surface area (Å²) >= 11 is 0. The maximum atomic E-state index is 12.6. The lowest BCUT2D eigenvalue weighted by atomic mass is 9.41. The van der Waals surface area contributed by atoms with Crippen LogP contribution >= 0.6 is 0 Å². The van der Waals surface area contributed by atoms with Gasteiger partial charge in [-0.1, -0.05) is 51.8 Å². The molecule has 4 aliphatic rings. The molecule has 1 N–H and O–H groups in total. The van der Waals surface area contributed by atoms with Crippen LogP contribution in [0.5, 0.6) is 0 Å². The van der Waals surface area contributed by atoms with E-state index >= 15 is 0 Å². The Hall–Kier alpha value is -1.22. The summed E-state index contributed by atoms with van der Waals surface area (Å²) < 4.78 is 0. The molecule has 0 spiro atoms. The molecule has 4 rings (SSSR count). The van der Waals surface area contributed by atoms with E-state index in [1.165, 1.54) is 25.7 Å². The number of hydrogen-bond donors (Lipinski definition) is 1. The molecule has 0 aliphatic heterocycles. The van der Waals surface area contributed by atoms with Gasteiger partial charge in [-0.05, 0) is 105 Å². The molecule has 3 heteroatoms. The Bertz CT molecular complexity index is 881. The van der Waals surface area contributed by atoms with Crippen molar-refractivity contribution >= 4 is 12.1 Å². The van der Waals surface area contributed by atoms with Crippen molar-refractivity contribution in [3.63, 3.8) is 0 Å². The quantitative estimate of drug-likeness (QED) is 0.286. The molecule has 4 aliphatic carbocycles. The molecule has 0 heterocycles. The van der Waals surface area contributed by atoms with Crippen LogP contribution in [0.2, 0.25) is 0 Å². The minimum absolute atomic E-state index is 0.0758. The standard InChI is InChI=1S/C30H46O3/c1-19(2)16-21(32)17-20(3)22-10-14-30(7)24-8-9-25-27(4,23(24)11-15-29(22,30)6)13-12-26(33)28(25,5)18-31/h8,16,18,20,22-23,25-26,33H,9-15,17H2,1-7H3/t20-,22-,23-,25-,26+,27+,28+,29-,30+/m0/s1. The Morgan fingerprint density at radius 3 is 2.45 bits per heavy atom. The number of rotatable bonds is 5. The van der Waals surface area contributed by atoms with Crippen molar-refractivity contribution in [2.24, 2.45) is 45.3 Å². The molecule has 0 aromatic rings. The largest absolute Gasteiger partial charge is 0.392 e. The molecule has 0 aromatic carbocycles. The van der Waals surface area contributed by atoms with Crippen molar-refractivity contribution in [3.05, 3.63) is 23.3 Å². The number of hydrogen-bond acceptors (Lipinski definition) is 3. The third-order valence-electron chi connectivity index (χ3n) is 11.5. The first-order valence-corrected chi connectivity index (χ1v) is 13.4. The highest BCUT2D eigenvalue weighted by molar-refractivity contribution is 5.90. The lowest BCUT2D eigenvalue weighted by Crippen LogP contribution is -2.59. The van der Waals surface area contributed by atoms with Crippen LogP contribution < -0.4 is 0 Å². The molecule has 0 bridgehead atoms. The second kappa shape index (κ2) is 8.18. The maximum Gasteiger partial charge on any atom is 0.155 e. The predicted octanol–water partition coefficient (Wildman–Crippen LogP) is 6.69. The minimum atomic E-state index is -0.644. The average Bonchev–Trinajstić information content (AvgIpc) is 3.02. The second-order valence-electron chi connectivity index (χ2n) is 13.3. The van der Waals surface area contributed by atoms with Crippen LogP contribution in [0, 0.1) is 45.3 Å². The molecule has 0 unspecified atom stereocenters. The SMILES string of the molecule is CC(C)=CC(=O)C[C@H](C)[C@@H]1CC[C@]2(C)C3=CC[C@@H]4[C@@](C)(C=O)[C@H](O)CC[C@]4(C)[C@H]3CC[C@@]12C. The van der Waals surface area contributed by atoms with E-state index in [2.05, 4.69) is 33.8 Å². The van der Waals surface area contributed by atoms with Gasteiger partial charge in [0.1, 0.15) is 6.29 Å². The molecule has 9 atom stereocenters. The summed E-state index contributed by atoms with van der Waals surface area (Å²) in [4.78, 5) is 24.8. The van der Waals surface area contributed by atoms with Gasteiger partial charge in [0, 0.05) is 6.42 Å². The van der Waals surface area contributed by atoms with E-state index in [9.17, 15) is 14.7 Å². The number of ketones is 1. The number of carbonyl (C=O) groups excluding carboxylic acids is 2. The molecular formula is C30H46O3. The van der Waals surface area contributed by atoms with E-state index in [0.29, 0.717) is 24.2 Å². The normalized spacial score (nSPS) is 47.5. The Labute approximate surface area is 201 Å². The first kappa shape index (κ1) is 24.9. The number of aliphatic hydroxyl groups excluding tert-OH is 1. The highest BCUT2D eigenvalue weighted by atomic mass is 16.3. The zero-order chi connectivity index (χ0) is 24.4. The van der Waals surface area contributed by atoms with Crippen molar-refractivity contribution in [2.75, 3.05) is 0 Å². The van der Waals surface area contributed by atoms with E-state index in [1.54, 1.807) is 5.57 Å². The first-order valence-electron chi connectivity index (χ1n) is 13.4. The van der Waals surface area contributed by atoms with Crippen molar-refractivity contribution in [1.82, 2.24) is 0 Å². The number of aliphatic hydroxyl groups is 1. The fourth-order valence-electron chi connectivity index (χ4n) is 9.40. The Morgan fingerprint density at radius 1 is 1.12 bits per heavy atom. The summed E-state index contributed by atoms with van der Waals surface area (Å²) in [5.41, 5.74) is 2.54. The van der Waals surface area contributed by atoms with Gasteiger partial charge in [-0.25, -0.2) is 0 Å². The maximum absolute atomic E-state index is 12.6. The third kappa shape index (κ3) is 3.46. The fourth-order valence-corrected chi connectivity index (χ4v) is 9.40. The van der Waals surface area contributed by atoms with Crippen molar-refractivity contribution in [3.8, 4) is 0 Å². The topological polar surface area (TPSA) is 54.4 Å². The molecule has 33 heavy (non-hydrogen) atoms. The number of fused-ring (bicyclic) bond motifs is 5. The highest BCUT2D eigenvalue weighted by Crippen LogP contribution is 2.73. The van der Waals surface area contributed by atoms with Crippen LogP contribution in [-0.4, -0.2) is 23.3 Å². The monoisotopic (exact) mass is 454 g/mol. The third-order valence-corrected chi connectivity index (χ3v) is 11.5. The van der Waals surface area contributed by atoms with Crippen molar-refractivity contribution in [2.45, 2.75) is 106 Å². The molecular weight excluding hydrogens is 408 g/mol. The summed E-state index contributed by atoms with van der Waals surface area (Å²) in [5, 5.41) is 10.8. The van der Waals surface area contributed by atoms with E-state index < -0.39 is 11.5 Å². The zero-order valence-corrected chi connectivity index (χ0v) is 22.0. The van der Waals surface area contributed by atoms with E-state index in [1.807, 2.05) is 26.8 Å². The number of allylic oxidation sites excluding steroid dienone is 4. The summed E-state index contributed by atoms with van der Waals surface area (Å²) in [7, 11) is 0. The van der Waals surface area contributed by atoms with Crippen molar-refractivity contribution < 1.29 is 14.7 Å². The molecule has 3 saturated carbocycles. The van der Waals surface area contributed by atoms with Gasteiger partial charge in [-0.3, -0.25) is 4.79 Å². The molecule has 0 amide bonds. The van der Waals surface area contributed by atoms with Crippen LogP contribution in [0.1, 0.15) is 99.8 Å². The van der Waals surface area contributed by atoms with Gasteiger partial charge in [-0.15, -0.1) is 0 Å². The molecule has 0 saturated heterocycles. The predicted molar refractivity (Wildman–Crippen MR) is 134 cm³/mol. The lowest BCUT2D eigenvalue weighted by molar-refractivity contribution is -0.154. The van der Waals surface area contributed by atoms with Gasteiger partial charge in [0.15, 0.2) is 5.78 Å². The van der Waals surface area contributed by atoms with Gasteiger partial charge in [0.25, 0.3) is 0 Å². The van der Waals surface area contributed by atoms with Crippen LogP contribution in [0.3, 0.4) is 0 Å². The van der Waals surface area contributed by atoms with E-state index in [4.69, 9.17) is 0 Å². The summed E-state index contributed by atoms with van der Waals surface area (Å²) in [5.74, 6) is 1.95. The Kier molecular flexibility index (Phi) is 6.17. The number of aldehydes is 1. The zero-order valence-electron chi connectivity index (χ0n) is 22.0. The van der Waals surface area contributed by atoms with Crippen LogP contribution in [0.25, 0.3) is 0 Å². The van der Waals surface area contributed by atoms with E-state index in [-0.39, 0.29) is 27.9 Å². The minimum Gasteiger partial charge on any atom is -0.392 e. The van der Waals surface area contributed by atoms with Gasteiger partial charge in [-0.2, -0.15) is 0 Å². The van der Waals surface area contributed by atoms with Gasteiger partial charge in [0.2, 0.25) is 0 Å². The van der Waals surface area contributed by atoms with Gasteiger partial charge in [0.05, 0.1) is 11.5 Å². The van der Waals surface area contributed by atoms with Crippen LogP contribution in [0.15, 0.2) is 23.3 Å². The average molecular weight is 455 g/mol. The molecule has 184 valence electrons. The highest BCUT2D eigenvalue weighted by Gasteiger charge is 2.65. The second-order valence-corrected chi connectivity index (χ2v) is 13.3. The summed E-state index contributed by atoms with van der Waals surface area (Å²) in [6.45, 7) is 15.7. The molecule has 3 fully saturated rings. The molecule has 0 aromatic heterocycles. The smallest absolute Gasteiger partial charge is 0.155 e. The van der Waals surface area contributed by atoms with Crippen LogP contribution in [-0.2, 0) is 9.59 Å². The number of carbonyl (C=O) groups is 2. The Balaban J connectivity index is 1.65.